The number of nitrogens with zero attached hydrogens (tertiary/aromatic N) is 1. The summed E-state index contributed by atoms with van der Waals surface area (Å²) in [6.07, 6.45) is 0.841. The van der Waals surface area contributed by atoms with Gasteiger partial charge in [-0.3, -0.25) is 0 Å². The van der Waals surface area contributed by atoms with E-state index in [1.807, 2.05) is 19.1 Å². The van der Waals surface area contributed by atoms with Crippen LogP contribution in [0.3, 0.4) is 0 Å². The van der Waals surface area contributed by atoms with E-state index in [0.29, 0.717) is 0 Å². The van der Waals surface area contributed by atoms with E-state index < -0.39 is 5.97 Å². The Labute approximate surface area is 113 Å². The van der Waals surface area contributed by atoms with E-state index in [9.17, 15) is 4.79 Å². The van der Waals surface area contributed by atoms with Gasteiger partial charge in [0.25, 0.3) is 0 Å². The van der Waals surface area contributed by atoms with Crippen molar-refractivity contribution in [2.45, 2.75) is 13.3 Å². The Balaban J connectivity index is 2.08. The summed E-state index contributed by atoms with van der Waals surface area (Å²) in [7, 11) is 0. The van der Waals surface area contributed by atoms with Crippen molar-refractivity contribution in [3.63, 3.8) is 0 Å². The number of aryl methyl sites for hydroxylation is 1. The lowest BCUT2D eigenvalue weighted by molar-refractivity contribution is 0.0697. The van der Waals surface area contributed by atoms with Gasteiger partial charge in [0.05, 0.1) is 15.8 Å². The zero-order chi connectivity index (χ0) is 13.4. The van der Waals surface area contributed by atoms with Gasteiger partial charge in [0, 0.05) is 6.42 Å². The van der Waals surface area contributed by atoms with E-state index in [1.165, 1.54) is 11.3 Å². The SMILES string of the molecule is CCc1ccc(-c2nc3ccc(C(=O)O)cc3s2)o1. The van der Waals surface area contributed by atoms with E-state index in [4.69, 9.17) is 9.52 Å². The molecule has 96 valence electrons. The third-order valence-corrected chi connectivity index (χ3v) is 3.89. The number of thiazole rings is 1. The largest absolute Gasteiger partial charge is 0.478 e. The maximum atomic E-state index is 10.9. The van der Waals surface area contributed by atoms with Gasteiger partial charge in [-0.2, -0.15) is 0 Å². The maximum absolute atomic E-state index is 10.9. The van der Waals surface area contributed by atoms with Crippen LogP contribution in [0.25, 0.3) is 21.0 Å². The normalized spacial score (nSPS) is 11.0. The number of carboxylic acids is 1. The van der Waals surface area contributed by atoms with Gasteiger partial charge in [-0.25, -0.2) is 9.78 Å². The number of fused-ring (bicyclic) bond motifs is 1. The third-order valence-electron chi connectivity index (χ3n) is 2.86. The van der Waals surface area contributed by atoms with Gasteiger partial charge in [0.1, 0.15) is 5.76 Å². The van der Waals surface area contributed by atoms with Gasteiger partial charge < -0.3 is 9.52 Å². The number of furan rings is 1. The number of rotatable bonds is 3. The molecular weight excluding hydrogens is 262 g/mol. The average molecular weight is 273 g/mol. The van der Waals surface area contributed by atoms with Crippen LogP contribution >= 0.6 is 11.3 Å². The summed E-state index contributed by atoms with van der Waals surface area (Å²) in [5, 5.41) is 9.74. The van der Waals surface area contributed by atoms with E-state index in [1.54, 1.807) is 18.2 Å². The molecule has 0 saturated carbocycles. The second-order valence-corrected chi connectivity index (χ2v) is 5.16. The molecule has 3 aromatic rings. The van der Waals surface area contributed by atoms with Crippen LogP contribution in [0.15, 0.2) is 34.7 Å². The zero-order valence-corrected chi connectivity index (χ0v) is 11.0. The molecule has 0 amide bonds. The summed E-state index contributed by atoms with van der Waals surface area (Å²) < 4.78 is 6.51. The van der Waals surface area contributed by atoms with Gasteiger partial charge in [-0.1, -0.05) is 6.92 Å². The fourth-order valence-electron chi connectivity index (χ4n) is 1.85. The monoisotopic (exact) mass is 273 g/mol. The second-order valence-electron chi connectivity index (χ2n) is 4.13. The van der Waals surface area contributed by atoms with Gasteiger partial charge in [-0.15, -0.1) is 11.3 Å². The summed E-state index contributed by atoms with van der Waals surface area (Å²) in [5.74, 6) is 0.721. The van der Waals surface area contributed by atoms with Crippen molar-refractivity contribution < 1.29 is 14.3 Å². The zero-order valence-electron chi connectivity index (χ0n) is 10.2. The molecule has 0 unspecified atom stereocenters. The molecular formula is C14H11NO3S. The first-order valence-electron chi connectivity index (χ1n) is 5.90. The number of carbonyl (C=O) groups is 1. The lowest BCUT2D eigenvalue weighted by Crippen LogP contribution is -1.94. The highest BCUT2D eigenvalue weighted by Crippen LogP contribution is 2.31. The third kappa shape index (κ3) is 2.13. The number of carboxylic acid groups (broad SMARTS) is 1. The Morgan fingerprint density at radius 2 is 2.21 bits per heavy atom. The molecule has 0 saturated heterocycles. The smallest absolute Gasteiger partial charge is 0.335 e. The first-order valence-corrected chi connectivity index (χ1v) is 6.72. The first-order chi connectivity index (χ1) is 9.17. The first kappa shape index (κ1) is 11.9. The molecule has 0 aliphatic heterocycles. The molecule has 1 N–H and O–H groups in total. The van der Waals surface area contributed by atoms with E-state index in [0.717, 1.165) is 33.2 Å². The van der Waals surface area contributed by atoms with Crippen LogP contribution in [-0.4, -0.2) is 16.1 Å². The second kappa shape index (κ2) is 4.51. The van der Waals surface area contributed by atoms with Crippen LogP contribution < -0.4 is 0 Å². The van der Waals surface area contributed by atoms with Crippen molar-refractivity contribution >= 4 is 27.5 Å². The van der Waals surface area contributed by atoms with Crippen molar-refractivity contribution in [3.8, 4) is 10.8 Å². The van der Waals surface area contributed by atoms with Crippen molar-refractivity contribution in [1.82, 2.24) is 4.98 Å². The van der Waals surface area contributed by atoms with Crippen molar-refractivity contribution in [1.29, 1.82) is 0 Å². The summed E-state index contributed by atoms with van der Waals surface area (Å²) >= 11 is 1.44. The summed E-state index contributed by atoms with van der Waals surface area (Å²) in [5.41, 5.74) is 1.07. The highest BCUT2D eigenvalue weighted by Gasteiger charge is 2.12. The van der Waals surface area contributed by atoms with Crippen LogP contribution in [0.2, 0.25) is 0 Å². The molecule has 5 heteroatoms. The summed E-state index contributed by atoms with van der Waals surface area (Å²) in [4.78, 5) is 15.4. The molecule has 0 radical (unpaired) electrons. The van der Waals surface area contributed by atoms with Crippen molar-refractivity contribution in [2.75, 3.05) is 0 Å². The highest BCUT2D eigenvalue weighted by molar-refractivity contribution is 7.21. The number of benzene rings is 1. The minimum Gasteiger partial charge on any atom is -0.478 e. The molecule has 0 bridgehead atoms. The Morgan fingerprint density at radius 3 is 2.89 bits per heavy atom. The molecule has 2 heterocycles. The number of aromatic carboxylic acids is 1. The molecule has 1 aromatic carbocycles. The summed E-state index contributed by atoms with van der Waals surface area (Å²) in [6.45, 7) is 2.03. The fraction of sp³-hybridized carbons (Fsp3) is 0.143. The van der Waals surface area contributed by atoms with Crippen LogP contribution in [0.4, 0.5) is 0 Å². The van der Waals surface area contributed by atoms with Crippen LogP contribution in [0.5, 0.6) is 0 Å². The average Bonchev–Trinajstić information content (AvgIpc) is 3.03. The van der Waals surface area contributed by atoms with Crippen LogP contribution in [0, 0.1) is 0 Å². The van der Waals surface area contributed by atoms with E-state index in [2.05, 4.69) is 4.98 Å². The van der Waals surface area contributed by atoms with Crippen LogP contribution in [-0.2, 0) is 6.42 Å². The van der Waals surface area contributed by atoms with Gasteiger partial charge in [0.2, 0.25) is 0 Å². The molecule has 2 aromatic heterocycles. The highest BCUT2D eigenvalue weighted by atomic mass is 32.1. The Kier molecular flexibility index (Phi) is 2.83. The summed E-state index contributed by atoms with van der Waals surface area (Å²) in [6, 6.07) is 8.76. The molecule has 0 fully saturated rings. The topological polar surface area (TPSA) is 63.3 Å². The molecule has 4 nitrogen and oxygen atoms in total. The predicted octanol–water partition coefficient (Wildman–Crippen LogP) is 3.82. The Hall–Kier alpha value is -2.14. The fourth-order valence-corrected chi connectivity index (χ4v) is 2.81. The molecule has 0 spiro atoms. The molecule has 3 rings (SSSR count). The van der Waals surface area contributed by atoms with Gasteiger partial charge >= 0.3 is 5.97 Å². The quantitative estimate of drug-likeness (QED) is 0.788. The van der Waals surface area contributed by atoms with E-state index in [-0.39, 0.29) is 5.56 Å². The minimum absolute atomic E-state index is 0.274. The molecule has 0 atom stereocenters. The molecule has 19 heavy (non-hydrogen) atoms. The van der Waals surface area contributed by atoms with Crippen LogP contribution in [0.1, 0.15) is 23.0 Å². The lowest BCUT2D eigenvalue weighted by Gasteiger charge is -1.91. The number of hydrogen-bond donors (Lipinski definition) is 1. The Bertz CT molecular complexity index is 757. The van der Waals surface area contributed by atoms with Crippen molar-refractivity contribution in [2.24, 2.45) is 0 Å². The number of aromatic nitrogens is 1. The van der Waals surface area contributed by atoms with Gasteiger partial charge in [0.15, 0.2) is 10.8 Å². The Morgan fingerprint density at radius 1 is 1.37 bits per heavy atom. The predicted molar refractivity (Wildman–Crippen MR) is 73.7 cm³/mol. The standard InChI is InChI=1S/C14H11NO3S/c1-2-9-4-6-11(18-9)13-15-10-5-3-8(14(16)17)7-12(10)19-13/h3-7H,2H2,1H3,(H,16,17). The van der Waals surface area contributed by atoms with Gasteiger partial charge in [-0.05, 0) is 30.3 Å². The maximum Gasteiger partial charge on any atom is 0.335 e. The molecule has 0 aliphatic carbocycles. The van der Waals surface area contributed by atoms with Crippen molar-refractivity contribution in [3.05, 3.63) is 41.7 Å². The lowest BCUT2D eigenvalue weighted by atomic mass is 10.2. The minimum atomic E-state index is -0.928. The molecule has 0 aliphatic rings. The number of hydrogen-bond acceptors (Lipinski definition) is 4. The van der Waals surface area contributed by atoms with E-state index >= 15 is 0 Å².